The van der Waals surface area contributed by atoms with Crippen LogP contribution in [0.15, 0.2) is 72.8 Å². The van der Waals surface area contributed by atoms with Crippen molar-refractivity contribution in [3.8, 4) is 0 Å². The molecule has 0 radical (unpaired) electrons. The highest BCUT2D eigenvalue weighted by Crippen LogP contribution is 2.30. The number of nitrogens with zero attached hydrogens (tertiary/aromatic N) is 1. The largest absolute Gasteiger partial charge is 0.349 e. The number of rotatable bonds is 6. The smallest absolute Gasteiger partial charge is 0.255 e. The van der Waals surface area contributed by atoms with Crippen LogP contribution in [0.2, 0.25) is 0 Å². The van der Waals surface area contributed by atoms with Gasteiger partial charge in [0.1, 0.15) is 0 Å². The average molecular weight is 456 g/mol. The van der Waals surface area contributed by atoms with Gasteiger partial charge in [0, 0.05) is 29.9 Å². The van der Waals surface area contributed by atoms with E-state index in [1.54, 1.807) is 17.0 Å². The van der Waals surface area contributed by atoms with Gasteiger partial charge >= 0.3 is 0 Å². The van der Waals surface area contributed by atoms with Crippen molar-refractivity contribution in [2.45, 2.75) is 33.2 Å². The van der Waals surface area contributed by atoms with Gasteiger partial charge in [0.25, 0.3) is 5.91 Å². The topological polar surface area (TPSA) is 78.5 Å². The zero-order valence-corrected chi connectivity index (χ0v) is 19.7. The molecule has 0 saturated carbocycles. The maximum absolute atomic E-state index is 13.0. The molecule has 1 aliphatic heterocycles. The van der Waals surface area contributed by atoms with Gasteiger partial charge in [0.15, 0.2) is 0 Å². The van der Waals surface area contributed by atoms with E-state index < -0.39 is 5.92 Å². The fraction of sp³-hybridized carbons (Fsp3) is 0.250. The van der Waals surface area contributed by atoms with Gasteiger partial charge in [-0.3, -0.25) is 14.4 Å². The molecule has 3 aromatic rings. The van der Waals surface area contributed by atoms with Gasteiger partial charge < -0.3 is 15.5 Å². The molecule has 0 aromatic heterocycles. The van der Waals surface area contributed by atoms with Gasteiger partial charge in [-0.2, -0.15) is 0 Å². The first-order valence-electron chi connectivity index (χ1n) is 11.5. The van der Waals surface area contributed by atoms with E-state index >= 15 is 0 Å². The zero-order chi connectivity index (χ0) is 24.2. The monoisotopic (exact) mass is 455 g/mol. The molecule has 2 atom stereocenters. The lowest BCUT2D eigenvalue weighted by atomic mass is 10.0. The highest BCUT2D eigenvalue weighted by molar-refractivity contribution is 6.04. The van der Waals surface area contributed by atoms with E-state index in [2.05, 4.69) is 10.6 Å². The number of amides is 3. The van der Waals surface area contributed by atoms with Gasteiger partial charge in [-0.15, -0.1) is 0 Å². The third-order valence-corrected chi connectivity index (χ3v) is 6.40. The number of benzene rings is 3. The number of anilines is 2. The Hall–Kier alpha value is -3.93. The second-order valence-corrected chi connectivity index (χ2v) is 8.80. The normalized spacial score (nSPS) is 16.3. The molecule has 0 bridgehead atoms. The lowest BCUT2D eigenvalue weighted by Gasteiger charge is -2.21. The Balaban J connectivity index is 1.40. The van der Waals surface area contributed by atoms with Gasteiger partial charge in [-0.25, -0.2) is 0 Å². The van der Waals surface area contributed by atoms with Crippen molar-refractivity contribution < 1.29 is 14.4 Å². The van der Waals surface area contributed by atoms with Crippen molar-refractivity contribution in [3.05, 3.63) is 95.1 Å². The minimum Gasteiger partial charge on any atom is -0.349 e. The standard InChI is InChI=1S/C28H29N3O3/c1-18-9-7-14-25(19(18)2)31-17-23(16-26(31)32)28(34)29-20(3)22-12-8-13-24(15-22)30-27(33)21-10-5-4-6-11-21/h4-15,20,23H,16-17H2,1-3H3,(H,29,34)(H,30,33). The van der Waals surface area contributed by atoms with Crippen molar-refractivity contribution in [2.75, 3.05) is 16.8 Å². The van der Waals surface area contributed by atoms with Crippen LogP contribution < -0.4 is 15.5 Å². The molecule has 1 heterocycles. The fourth-order valence-electron chi connectivity index (χ4n) is 4.24. The zero-order valence-electron chi connectivity index (χ0n) is 19.7. The molecule has 2 N–H and O–H groups in total. The summed E-state index contributed by atoms with van der Waals surface area (Å²) in [7, 11) is 0. The molecule has 1 saturated heterocycles. The first kappa shape index (κ1) is 23.2. The van der Waals surface area contributed by atoms with Gasteiger partial charge in [-0.1, -0.05) is 42.5 Å². The number of nitrogens with one attached hydrogen (secondary N) is 2. The maximum Gasteiger partial charge on any atom is 0.255 e. The van der Waals surface area contributed by atoms with Crippen molar-refractivity contribution in [1.29, 1.82) is 0 Å². The summed E-state index contributed by atoms with van der Waals surface area (Å²) >= 11 is 0. The van der Waals surface area contributed by atoms with E-state index in [0.29, 0.717) is 17.8 Å². The molecule has 0 aliphatic carbocycles. The predicted molar refractivity (Wildman–Crippen MR) is 134 cm³/mol. The lowest BCUT2D eigenvalue weighted by Crippen LogP contribution is -2.34. The highest BCUT2D eigenvalue weighted by atomic mass is 16.2. The highest BCUT2D eigenvalue weighted by Gasteiger charge is 2.36. The number of hydrogen-bond donors (Lipinski definition) is 2. The molecule has 6 nitrogen and oxygen atoms in total. The fourth-order valence-corrected chi connectivity index (χ4v) is 4.24. The molecule has 34 heavy (non-hydrogen) atoms. The minimum atomic E-state index is -0.407. The molecule has 4 rings (SSSR count). The van der Waals surface area contributed by atoms with Crippen LogP contribution in [0.25, 0.3) is 0 Å². The molecule has 174 valence electrons. The first-order chi connectivity index (χ1) is 16.3. The summed E-state index contributed by atoms with van der Waals surface area (Å²) in [4.78, 5) is 39.8. The number of carbonyl (C=O) groups is 3. The Labute approximate surface area is 200 Å². The Bertz CT molecular complexity index is 1220. The number of aryl methyl sites for hydroxylation is 1. The Kier molecular flexibility index (Phi) is 6.77. The number of carbonyl (C=O) groups excluding carboxylic acids is 3. The summed E-state index contributed by atoms with van der Waals surface area (Å²) in [5.74, 6) is -0.777. The van der Waals surface area contributed by atoms with Gasteiger partial charge in [0.05, 0.1) is 12.0 Å². The predicted octanol–water partition coefficient (Wildman–Crippen LogP) is 4.79. The third kappa shape index (κ3) is 5.01. The van der Waals surface area contributed by atoms with E-state index in [0.717, 1.165) is 22.4 Å². The molecule has 2 unspecified atom stereocenters. The van der Waals surface area contributed by atoms with Crippen LogP contribution >= 0.6 is 0 Å². The van der Waals surface area contributed by atoms with E-state index in [-0.39, 0.29) is 30.2 Å². The molecule has 6 heteroatoms. The Morgan fingerprint density at radius 3 is 2.47 bits per heavy atom. The van der Waals surface area contributed by atoms with Crippen LogP contribution in [0, 0.1) is 19.8 Å². The SMILES string of the molecule is Cc1cccc(N2CC(C(=O)NC(C)c3cccc(NC(=O)c4ccccc4)c3)CC2=O)c1C. The first-order valence-corrected chi connectivity index (χ1v) is 11.5. The van der Waals surface area contributed by atoms with Crippen LogP contribution in [0.4, 0.5) is 11.4 Å². The molecule has 1 aliphatic rings. The van der Waals surface area contributed by atoms with Gasteiger partial charge in [-0.05, 0) is 67.8 Å². The summed E-state index contributed by atoms with van der Waals surface area (Å²) in [6.45, 7) is 6.28. The van der Waals surface area contributed by atoms with Crippen molar-refractivity contribution >= 4 is 29.1 Å². The molecule has 3 aromatic carbocycles. The minimum absolute atomic E-state index is 0.0351. The third-order valence-electron chi connectivity index (χ3n) is 6.40. The summed E-state index contributed by atoms with van der Waals surface area (Å²) in [6, 6.07) is 22.0. The van der Waals surface area contributed by atoms with Crippen molar-refractivity contribution in [3.63, 3.8) is 0 Å². The van der Waals surface area contributed by atoms with Crippen LogP contribution in [-0.2, 0) is 9.59 Å². The van der Waals surface area contributed by atoms with E-state index in [1.807, 2.05) is 81.4 Å². The Morgan fingerprint density at radius 2 is 1.71 bits per heavy atom. The summed E-state index contributed by atoms with van der Waals surface area (Å²) in [5, 5.41) is 5.94. The Morgan fingerprint density at radius 1 is 0.971 bits per heavy atom. The summed E-state index contributed by atoms with van der Waals surface area (Å²) in [5.41, 5.74) is 5.15. The van der Waals surface area contributed by atoms with E-state index in [1.165, 1.54) is 0 Å². The molecule has 3 amide bonds. The summed E-state index contributed by atoms with van der Waals surface area (Å²) < 4.78 is 0. The molecular formula is C28H29N3O3. The molecule has 1 fully saturated rings. The van der Waals surface area contributed by atoms with E-state index in [9.17, 15) is 14.4 Å². The van der Waals surface area contributed by atoms with Crippen LogP contribution in [0.1, 0.15) is 46.4 Å². The van der Waals surface area contributed by atoms with Gasteiger partial charge in [0.2, 0.25) is 11.8 Å². The van der Waals surface area contributed by atoms with Crippen molar-refractivity contribution in [2.24, 2.45) is 5.92 Å². The summed E-state index contributed by atoms with van der Waals surface area (Å²) in [6.07, 6.45) is 0.194. The van der Waals surface area contributed by atoms with Crippen LogP contribution in [0.3, 0.4) is 0 Å². The van der Waals surface area contributed by atoms with Crippen molar-refractivity contribution in [1.82, 2.24) is 5.32 Å². The molecular weight excluding hydrogens is 426 g/mol. The number of hydrogen-bond acceptors (Lipinski definition) is 3. The average Bonchev–Trinajstić information content (AvgIpc) is 3.23. The van der Waals surface area contributed by atoms with Crippen LogP contribution in [0.5, 0.6) is 0 Å². The second-order valence-electron chi connectivity index (χ2n) is 8.80. The van der Waals surface area contributed by atoms with Crippen LogP contribution in [-0.4, -0.2) is 24.3 Å². The lowest BCUT2D eigenvalue weighted by molar-refractivity contribution is -0.126. The quantitative estimate of drug-likeness (QED) is 0.561. The maximum atomic E-state index is 13.0. The second kappa shape index (κ2) is 9.91. The molecule has 0 spiro atoms. The van der Waals surface area contributed by atoms with E-state index in [4.69, 9.17) is 0 Å².